The largest absolute Gasteiger partial charge is 0.301 e. The van der Waals surface area contributed by atoms with E-state index in [1.165, 1.54) is 6.42 Å². The number of likely N-dealkylation sites (tertiary alicyclic amines) is 1. The summed E-state index contributed by atoms with van der Waals surface area (Å²) in [5.74, 6) is 1.19. The van der Waals surface area contributed by atoms with Crippen molar-refractivity contribution < 1.29 is 0 Å². The highest BCUT2D eigenvalue weighted by Crippen LogP contribution is 2.28. The molecule has 3 aromatic carbocycles. The minimum Gasteiger partial charge on any atom is -0.301 e. The summed E-state index contributed by atoms with van der Waals surface area (Å²) >= 11 is 6.08. The summed E-state index contributed by atoms with van der Waals surface area (Å²) in [4.78, 5) is 21.6. The van der Waals surface area contributed by atoms with Gasteiger partial charge in [0.25, 0.3) is 5.56 Å². The first-order valence-electron chi connectivity index (χ1n) is 12.5. The van der Waals surface area contributed by atoms with Crippen molar-refractivity contribution in [2.24, 2.45) is 5.92 Å². The van der Waals surface area contributed by atoms with E-state index in [1.807, 2.05) is 59.2 Å². The summed E-state index contributed by atoms with van der Waals surface area (Å²) in [6.07, 6.45) is 2.30. The number of aromatic nitrogens is 2. The van der Waals surface area contributed by atoms with Gasteiger partial charge in [-0.15, -0.1) is 0 Å². The molecule has 0 spiro atoms. The summed E-state index contributed by atoms with van der Waals surface area (Å²) in [7, 11) is 0. The van der Waals surface area contributed by atoms with Gasteiger partial charge in [-0.1, -0.05) is 54.1 Å². The molecule has 2 heterocycles. The van der Waals surface area contributed by atoms with Crippen LogP contribution in [0.4, 0.5) is 0 Å². The molecule has 1 atom stereocenters. The van der Waals surface area contributed by atoms with Crippen molar-refractivity contribution in [1.29, 1.82) is 0 Å². The van der Waals surface area contributed by atoms with Crippen LogP contribution in [0.15, 0.2) is 71.5 Å². The van der Waals surface area contributed by atoms with Gasteiger partial charge < -0.3 is 4.90 Å². The average molecular weight is 486 g/mol. The Bertz CT molecular complexity index is 1410. The number of hydrogen-bond acceptors (Lipinski definition) is 3. The molecule has 1 saturated heterocycles. The van der Waals surface area contributed by atoms with Gasteiger partial charge in [-0.2, -0.15) is 0 Å². The van der Waals surface area contributed by atoms with E-state index < -0.39 is 0 Å². The number of nitrogens with zero attached hydrogens (tertiary/aromatic N) is 3. The molecule has 1 aromatic heterocycles. The van der Waals surface area contributed by atoms with Gasteiger partial charge in [0, 0.05) is 29.7 Å². The quantitative estimate of drug-likeness (QED) is 0.311. The molecule has 1 aliphatic heterocycles. The standard InChI is InChI=1S/C30H32ClN3O/c1-20(2)33-16-6-8-22(18-33)19-34-29(26-9-5-4-7-21(26)3)32-28-15-12-24(17-27(28)30(34)35)23-10-13-25(31)14-11-23/h4-5,7,9-15,17,20,22H,6,8,16,18-19H2,1-3H3/t22-/m0/s1. The third kappa shape index (κ3) is 4.91. The highest BCUT2D eigenvalue weighted by Gasteiger charge is 2.24. The second-order valence-electron chi connectivity index (χ2n) is 10.0. The van der Waals surface area contributed by atoms with E-state index in [2.05, 4.69) is 37.8 Å². The van der Waals surface area contributed by atoms with Gasteiger partial charge in [-0.25, -0.2) is 4.98 Å². The molecule has 0 aliphatic carbocycles. The highest BCUT2D eigenvalue weighted by molar-refractivity contribution is 6.30. The van der Waals surface area contributed by atoms with E-state index in [9.17, 15) is 4.79 Å². The maximum Gasteiger partial charge on any atom is 0.261 e. The first-order chi connectivity index (χ1) is 16.9. The van der Waals surface area contributed by atoms with Crippen LogP contribution in [-0.2, 0) is 6.54 Å². The molecule has 0 radical (unpaired) electrons. The topological polar surface area (TPSA) is 38.1 Å². The lowest BCUT2D eigenvalue weighted by molar-refractivity contribution is 0.130. The van der Waals surface area contributed by atoms with Crippen LogP contribution in [0.5, 0.6) is 0 Å². The molecule has 0 N–H and O–H groups in total. The van der Waals surface area contributed by atoms with E-state index in [4.69, 9.17) is 16.6 Å². The smallest absolute Gasteiger partial charge is 0.261 e. The Morgan fingerprint density at radius 3 is 2.51 bits per heavy atom. The fraction of sp³-hybridized carbons (Fsp3) is 0.333. The number of aryl methyl sites for hydroxylation is 1. The van der Waals surface area contributed by atoms with Gasteiger partial charge in [0.15, 0.2) is 0 Å². The van der Waals surface area contributed by atoms with Gasteiger partial charge in [-0.05, 0) is 87.0 Å². The number of piperidine rings is 1. The molecule has 180 valence electrons. The van der Waals surface area contributed by atoms with Gasteiger partial charge in [0.1, 0.15) is 5.82 Å². The van der Waals surface area contributed by atoms with Crippen molar-refractivity contribution in [1.82, 2.24) is 14.5 Å². The summed E-state index contributed by atoms with van der Waals surface area (Å²) < 4.78 is 1.94. The molecule has 0 amide bonds. The SMILES string of the molecule is Cc1ccccc1-c1nc2ccc(-c3ccc(Cl)cc3)cc2c(=O)n1C[C@H]1CCCN(C(C)C)C1. The van der Waals surface area contributed by atoms with Crippen LogP contribution in [0.1, 0.15) is 32.3 Å². The van der Waals surface area contributed by atoms with Crippen LogP contribution in [0, 0.1) is 12.8 Å². The summed E-state index contributed by atoms with van der Waals surface area (Å²) in [6, 6.07) is 22.4. The molecule has 35 heavy (non-hydrogen) atoms. The molecule has 5 rings (SSSR count). The Labute approximate surface area is 212 Å². The molecule has 4 aromatic rings. The average Bonchev–Trinajstić information content (AvgIpc) is 2.86. The first kappa shape index (κ1) is 23.8. The van der Waals surface area contributed by atoms with Gasteiger partial charge in [0.05, 0.1) is 10.9 Å². The summed E-state index contributed by atoms with van der Waals surface area (Å²) in [6.45, 7) is 9.42. The van der Waals surface area contributed by atoms with Crippen LogP contribution in [-0.4, -0.2) is 33.6 Å². The number of rotatable bonds is 5. The van der Waals surface area contributed by atoms with E-state index in [0.717, 1.165) is 53.1 Å². The Kier molecular flexibility index (Phi) is 6.77. The Morgan fingerprint density at radius 2 is 1.77 bits per heavy atom. The minimum absolute atomic E-state index is 0.0331. The highest BCUT2D eigenvalue weighted by atomic mass is 35.5. The third-order valence-electron chi connectivity index (χ3n) is 7.24. The minimum atomic E-state index is 0.0331. The Morgan fingerprint density at radius 1 is 1.03 bits per heavy atom. The monoisotopic (exact) mass is 485 g/mol. The predicted molar refractivity (Wildman–Crippen MR) is 146 cm³/mol. The molecular weight excluding hydrogens is 454 g/mol. The number of fused-ring (bicyclic) bond motifs is 1. The summed E-state index contributed by atoms with van der Waals surface area (Å²) in [5.41, 5.74) is 4.93. The van der Waals surface area contributed by atoms with Gasteiger partial charge >= 0.3 is 0 Å². The van der Waals surface area contributed by atoms with Crippen molar-refractivity contribution in [3.8, 4) is 22.5 Å². The second-order valence-corrected chi connectivity index (χ2v) is 10.4. The third-order valence-corrected chi connectivity index (χ3v) is 7.49. The van der Waals surface area contributed by atoms with E-state index in [-0.39, 0.29) is 5.56 Å². The Balaban J connectivity index is 1.64. The van der Waals surface area contributed by atoms with Crippen LogP contribution in [0.25, 0.3) is 33.4 Å². The van der Waals surface area contributed by atoms with Crippen LogP contribution in [0.2, 0.25) is 5.02 Å². The maximum atomic E-state index is 14.0. The van der Waals surface area contributed by atoms with E-state index in [0.29, 0.717) is 28.9 Å². The fourth-order valence-electron chi connectivity index (χ4n) is 5.22. The zero-order valence-electron chi connectivity index (χ0n) is 20.7. The van der Waals surface area contributed by atoms with Gasteiger partial charge in [-0.3, -0.25) is 9.36 Å². The Hall–Kier alpha value is -2.95. The van der Waals surface area contributed by atoms with Crippen molar-refractivity contribution in [3.63, 3.8) is 0 Å². The first-order valence-corrected chi connectivity index (χ1v) is 12.9. The molecule has 4 nitrogen and oxygen atoms in total. The lowest BCUT2D eigenvalue weighted by atomic mass is 9.96. The lowest BCUT2D eigenvalue weighted by Gasteiger charge is -2.36. The van der Waals surface area contributed by atoms with Crippen molar-refractivity contribution in [3.05, 3.63) is 87.7 Å². The van der Waals surface area contributed by atoms with Crippen LogP contribution >= 0.6 is 11.6 Å². The molecule has 0 unspecified atom stereocenters. The summed E-state index contributed by atoms with van der Waals surface area (Å²) in [5, 5.41) is 1.36. The van der Waals surface area contributed by atoms with Gasteiger partial charge in [0.2, 0.25) is 0 Å². The van der Waals surface area contributed by atoms with Crippen molar-refractivity contribution >= 4 is 22.5 Å². The number of hydrogen-bond donors (Lipinski definition) is 0. The molecular formula is C30H32ClN3O. The number of benzene rings is 3. The van der Waals surface area contributed by atoms with Crippen molar-refractivity contribution in [2.45, 2.75) is 46.2 Å². The van der Waals surface area contributed by atoms with Crippen LogP contribution in [0.3, 0.4) is 0 Å². The fourth-order valence-corrected chi connectivity index (χ4v) is 5.34. The van der Waals surface area contributed by atoms with Crippen LogP contribution < -0.4 is 5.56 Å². The van der Waals surface area contributed by atoms with E-state index in [1.54, 1.807) is 0 Å². The molecule has 0 bridgehead atoms. The van der Waals surface area contributed by atoms with E-state index >= 15 is 0 Å². The second kappa shape index (κ2) is 9.96. The molecule has 5 heteroatoms. The molecule has 1 fully saturated rings. The maximum absolute atomic E-state index is 14.0. The van der Waals surface area contributed by atoms with Crippen molar-refractivity contribution in [2.75, 3.05) is 13.1 Å². The zero-order valence-corrected chi connectivity index (χ0v) is 21.4. The molecule has 1 aliphatic rings. The molecule has 0 saturated carbocycles. The predicted octanol–water partition coefficient (Wildman–Crippen LogP) is 6.81. The number of halogens is 1. The lowest BCUT2D eigenvalue weighted by Crippen LogP contribution is -2.42. The normalized spacial score (nSPS) is 16.8. The zero-order chi connectivity index (χ0) is 24.5.